The maximum atomic E-state index is 12.6. The van der Waals surface area contributed by atoms with Crippen LogP contribution in [0, 0.1) is 0 Å². The average Bonchev–Trinajstić information content (AvgIpc) is 2.61. The number of nitrogens with zero attached hydrogens (tertiary/aromatic N) is 4. The van der Waals surface area contributed by atoms with Crippen LogP contribution in [0.25, 0.3) is 0 Å². The van der Waals surface area contributed by atoms with E-state index < -0.39 is 15.6 Å². The highest BCUT2D eigenvalue weighted by Crippen LogP contribution is 2.38. The number of hydrogen-bond acceptors (Lipinski definition) is 7. The second kappa shape index (κ2) is 6.32. The fraction of sp³-hybridized carbons (Fsp3) is 0.438. The van der Waals surface area contributed by atoms with E-state index in [1.807, 2.05) is 0 Å². The molecule has 2 aromatic rings. The molecule has 0 aromatic carbocycles. The first kappa shape index (κ1) is 16.4. The van der Waals surface area contributed by atoms with E-state index >= 15 is 0 Å². The summed E-state index contributed by atoms with van der Waals surface area (Å²) in [6.07, 6.45) is 8.96. The molecule has 0 N–H and O–H groups in total. The van der Waals surface area contributed by atoms with Crippen molar-refractivity contribution in [2.45, 2.75) is 29.4 Å². The molecule has 4 rings (SSSR count). The summed E-state index contributed by atoms with van der Waals surface area (Å²) in [5, 5.41) is 0. The average molecular weight is 362 g/mol. The zero-order chi connectivity index (χ0) is 17.3. The lowest BCUT2D eigenvalue weighted by Gasteiger charge is -2.51. The molecule has 1 unspecified atom stereocenters. The molecule has 2 aliphatic heterocycles. The molecular weight excluding hydrogens is 344 g/mol. The van der Waals surface area contributed by atoms with Gasteiger partial charge in [-0.2, -0.15) is 4.31 Å². The first-order valence-electron chi connectivity index (χ1n) is 8.04. The predicted molar refractivity (Wildman–Crippen MR) is 87.4 cm³/mol. The topological polar surface area (TPSA) is 94.5 Å². The number of sulfonamides is 1. The van der Waals surface area contributed by atoms with Gasteiger partial charge >= 0.3 is 0 Å². The van der Waals surface area contributed by atoms with Gasteiger partial charge in [0, 0.05) is 50.7 Å². The van der Waals surface area contributed by atoms with Crippen molar-refractivity contribution in [2.75, 3.05) is 19.7 Å². The Kier molecular flexibility index (Phi) is 4.14. The third kappa shape index (κ3) is 3.22. The van der Waals surface area contributed by atoms with Crippen LogP contribution in [0.5, 0.6) is 5.88 Å². The lowest BCUT2D eigenvalue weighted by atomic mass is 9.86. The number of aromatic nitrogens is 3. The molecule has 0 saturated carbocycles. The van der Waals surface area contributed by atoms with Crippen molar-refractivity contribution in [1.29, 1.82) is 0 Å². The molecule has 2 fully saturated rings. The number of rotatable bonds is 4. The highest BCUT2D eigenvalue weighted by molar-refractivity contribution is 7.89. The maximum absolute atomic E-state index is 12.6. The van der Waals surface area contributed by atoms with Crippen molar-refractivity contribution in [3.8, 4) is 5.88 Å². The molecule has 0 bridgehead atoms. The summed E-state index contributed by atoms with van der Waals surface area (Å²) in [5.74, 6) is 0.476. The van der Waals surface area contributed by atoms with Gasteiger partial charge in [0.25, 0.3) is 0 Å². The van der Waals surface area contributed by atoms with Crippen LogP contribution in [-0.2, 0) is 14.8 Å². The van der Waals surface area contributed by atoms with Gasteiger partial charge in [0.15, 0.2) is 0 Å². The summed E-state index contributed by atoms with van der Waals surface area (Å²) in [6.45, 7) is 1.18. The van der Waals surface area contributed by atoms with Crippen molar-refractivity contribution in [1.82, 2.24) is 19.3 Å². The molecule has 0 radical (unpaired) electrons. The minimum Gasteiger partial charge on any atom is -0.473 e. The molecule has 1 spiro atoms. The molecule has 4 heterocycles. The van der Waals surface area contributed by atoms with Gasteiger partial charge < -0.3 is 9.47 Å². The van der Waals surface area contributed by atoms with Gasteiger partial charge in [-0.3, -0.25) is 9.97 Å². The van der Waals surface area contributed by atoms with Gasteiger partial charge in [-0.15, -0.1) is 0 Å². The second-order valence-corrected chi connectivity index (χ2v) is 8.21. The fourth-order valence-electron chi connectivity index (χ4n) is 3.24. The van der Waals surface area contributed by atoms with Crippen molar-refractivity contribution < 1.29 is 17.9 Å². The second-order valence-electron chi connectivity index (χ2n) is 6.27. The Morgan fingerprint density at radius 2 is 2.04 bits per heavy atom. The van der Waals surface area contributed by atoms with Gasteiger partial charge in [-0.1, -0.05) is 0 Å². The van der Waals surface area contributed by atoms with E-state index in [0.717, 1.165) is 6.42 Å². The van der Waals surface area contributed by atoms with Crippen molar-refractivity contribution in [2.24, 2.45) is 0 Å². The van der Waals surface area contributed by atoms with Crippen molar-refractivity contribution in [3.63, 3.8) is 0 Å². The van der Waals surface area contributed by atoms with E-state index in [2.05, 4.69) is 15.0 Å². The van der Waals surface area contributed by atoms with Crippen LogP contribution in [0.2, 0.25) is 0 Å². The largest absolute Gasteiger partial charge is 0.473 e. The normalized spacial score (nSPS) is 23.1. The first-order chi connectivity index (χ1) is 12.1. The summed E-state index contributed by atoms with van der Waals surface area (Å²) in [4.78, 5) is 12.2. The third-order valence-electron chi connectivity index (χ3n) is 4.48. The van der Waals surface area contributed by atoms with Crippen LogP contribution in [0.15, 0.2) is 48.0 Å². The lowest BCUT2D eigenvalue weighted by molar-refractivity contribution is -0.165. The molecule has 2 saturated heterocycles. The monoisotopic (exact) mass is 362 g/mol. The zero-order valence-electron chi connectivity index (χ0n) is 13.5. The van der Waals surface area contributed by atoms with E-state index in [1.54, 1.807) is 36.9 Å². The Morgan fingerprint density at radius 1 is 1.20 bits per heavy atom. The van der Waals surface area contributed by atoms with Crippen LogP contribution in [0.3, 0.4) is 0 Å². The first-order valence-corrected chi connectivity index (χ1v) is 9.48. The van der Waals surface area contributed by atoms with Gasteiger partial charge in [0.05, 0.1) is 18.4 Å². The van der Waals surface area contributed by atoms with E-state index in [9.17, 15) is 8.42 Å². The third-order valence-corrected chi connectivity index (χ3v) is 6.25. The smallest absolute Gasteiger partial charge is 0.244 e. The Bertz CT molecular complexity index is 826. The van der Waals surface area contributed by atoms with Crippen LogP contribution >= 0.6 is 0 Å². The van der Waals surface area contributed by atoms with Crippen LogP contribution in [0.4, 0.5) is 0 Å². The number of pyridine rings is 1. The molecule has 1 atom stereocenters. The summed E-state index contributed by atoms with van der Waals surface area (Å²) >= 11 is 0. The Morgan fingerprint density at radius 3 is 2.76 bits per heavy atom. The van der Waals surface area contributed by atoms with Crippen LogP contribution in [0.1, 0.15) is 12.8 Å². The van der Waals surface area contributed by atoms with Gasteiger partial charge in [-0.05, 0) is 12.1 Å². The quantitative estimate of drug-likeness (QED) is 0.796. The Hall–Kier alpha value is -2.10. The summed E-state index contributed by atoms with van der Waals surface area (Å²) in [6, 6.07) is 3.17. The predicted octanol–water partition coefficient (Wildman–Crippen LogP) is 0.873. The number of hydrogen-bond donors (Lipinski definition) is 0. The van der Waals surface area contributed by atoms with Crippen molar-refractivity contribution >= 4 is 10.0 Å². The van der Waals surface area contributed by atoms with Gasteiger partial charge in [-0.25, -0.2) is 13.4 Å². The highest BCUT2D eigenvalue weighted by atomic mass is 32.2. The molecular formula is C16H18N4O4S. The number of ether oxygens (including phenoxy) is 2. The Labute approximate surface area is 145 Å². The minimum absolute atomic E-state index is 0.0614. The molecule has 132 valence electrons. The minimum atomic E-state index is -3.53. The Balaban J connectivity index is 1.41. The highest BCUT2D eigenvalue weighted by Gasteiger charge is 2.52. The summed E-state index contributed by atoms with van der Waals surface area (Å²) < 4.78 is 38.4. The summed E-state index contributed by atoms with van der Waals surface area (Å²) in [5.41, 5.74) is -0.486. The molecule has 25 heavy (non-hydrogen) atoms. The van der Waals surface area contributed by atoms with Crippen LogP contribution in [-0.4, -0.2) is 59.1 Å². The maximum Gasteiger partial charge on any atom is 0.244 e. The SMILES string of the molecule is O=S(=O)(c1cccnc1)N1CC2(CC(Oc3cnccn3)CCO2)C1. The van der Waals surface area contributed by atoms with E-state index in [4.69, 9.17) is 9.47 Å². The van der Waals surface area contributed by atoms with Crippen LogP contribution < -0.4 is 4.74 Å². The lowest BCUT2D eigenvalue weighted by Crippen LogP contribution is -2.67. The molecule has 9 heteroatoms. The van der Waals surface area contributed by atoms with E-state index in [0.29, 0.717) is 32.0 Å². The van der Waals surface area contributed by atoms with E-state index in [1.165, 1.54) is 10.5 Å². The molecule has 0 amide bonds. The van der Waals surface area contributed by atoms with Crippen molar-refractivity contribution in [3.05, 3.63) is 43.1 Å². The van der Waals surface area contributed by atoms with E-state index in [-0.39, 0.29) is 11.0 Å². The van der Waals surface area contributed by atoms with Gasteiger partial charge in [0.2, 0.25) is 15.9 Å². The summed E-state index contributed by atoms with van der Waals surface area (Å²) in [7, 11) is -3.53. The zero-order valence-corrected chi connectivity index (χ0v) is 14.3. The molecule has 8 nitrogen and oxygen atoms in total. The molecule has 2 aliphatic rings. The molecule has 0 aliphatic carbocycles. The molecule has 2 aromatic heterocycles. The van der Waals surface area contributed by atoms with Gasteiger partial charge in [0.1, 0.15) is 11.0 Å². The standard InChI is InChI=1S/C16H18N4O4S/c21-25(22,14-2-1-4-17-9-14)20-11-16(12-20)8-13(3-7-23-16)24-15-10-18-5-6-19-15/h1-2,4-6,9-10,13H,3,7-8,11-12H2. The fourth-order valence-corrected chi connectivity index (χ4v) is 4.79.